The number of sulfone groups is 1. The highest BCUT2D eigenvalue weighted by atomic mass is 32.2. The van der Waals surface area contributed by atoms with E-state index in [1.165, 1.54) is 13.8 Å². The molecule has 0 spiro atoms. The van der Waals surface area contributed by atoms with Crippen LogP contribution >= 0.6 is 0 Å². The lowest BCUT2D eigenvalue weighted by Gasteiger charge is -2.23. The third-order valence-electron chi connectivity index (χ3n) is 4.68. The van der Waals surface area contributed by atoms with Crippen molar-refractivity contribution in [3.63, 3.8) is 0 Å². The van der Waals surface area contributed by atoms with E-state index in [9.17, 15) is 17.6 Å². The van der Waals surface area contributed by atoms with Gasteiger partial charge in [0, 0.05) is 5.56 Å². The molecule has 2 aromatic carbocycles. The maximum absolute atomic E-state index is 13.1. The molecule has 0 aliphatic carbocycles. The Morgan fingerprint density at radius 2 is 1.72 bits per heavy atom. The van der Waals surface area contributed by atoms with E-state index >= 15 is 0 Å². The van der Waals surface area contributed by atoms with Gasteiger partial charge in [-0.2, -0.15) is 5.10 Å². The number of carbonyl (C=O) groups excluding carboxylic acids is 1. The van der Waals surface area contributed by atoms with Gasteiger partial charge in [0.1, 0.15) is 22.1 Å². The van der Waals surface area contributed by atoms with Crippen LogP contribution in [0, 0.1) is 5.82 Å². The van der Waals surface area contributed by atoms with Crippen molar-refractivity contribution in [3.05, 3.63) is 60.2 Å². The lowest BCUT2D eigenvalue weighted by Crippen LogP contribution is -2.41. The number of nitrogens with one attached hydrogen (secondary N) is 1. The van der Waals surface area contributed by atoms with Gasteiger partial charge in [0.15, 0.2) is 21.4 Å². The molecule has 1 heterocycles. The largest absolute Gasteiger partial charge is 0.497 e. The summed E-state index contributed by atoms with van der Waals surface area (Å²) in [6, 6.07) is 11.5. The molecule has 0 bridgehead atoms. The summed E-state index contributed by atoms with van der Waals surface area (Å²) < 4.78 is 42.3. The first-order chi connectivity index (χ1) is 13.6. The van der Waals surface area contributed by atoms with Crippen molar-refractivity contribution in [2.75, 3.05) is 7.11 Å². The van der Waals surface area contributed by atoms with E-state index in [0.29, 0.717) is 11.6 Å². The maximum Gasteiger partial charge on any atom is 0.190 e. The van der Waals surface area contributed by atoms with Crippen LogP contribution in [0.5, 0.6) is 5.75 Å². The van der Waals surface area contributed by atoms with Gasteiger partial charge < -0.3 is 4.74 Å². The molecular weight excluding hydrogens is 397 g/mol. The molecule has 0 atom stereocenters. The fraction of sp³-hybridized carbons (Fsp3) is 0.250. The molecule has 0 aliphatic heterocycles. The summed E-state index contributed by atoms with van der Waals surface area (Å²) in [4.78, 5) is 17.0. The van der Waals surface area contributed by atoms with E-state index in [2.05, 4.69) is 15.2 Å². The quantitative estimate of drug-likeness (QED) is 0.593. The minimum atomic E-state index is -4.02. The van der Waals surface area contributed by atoms with E-state index in [1.54, 1.807) is 31.4 Å². The number of aromatic nitrogens is 3. The van der Waals surface area contributed by atoms with Crippen molar-refractivity contribution in [2.24, 2.45) is 0 Å². The molecule has 0 fully saturated rings. The number of H-pyrrole nitrogens is 1. The van der Waals surface area contributed by atoms with Crippen LogP contribution in [0.4, 0.5) is 4.39 Å². The number of hydrogen-bond donors (Lipinski definition) is 1. The molecule has 0 saturated carbocycles. The topological polar surface area (TPSA) is 102 Å². The molecule has 3 aromatic rings. The fourth-order valence-electron chi connectivity index (χ4n) is 2.67. The fourth-order valence-corrected chi connectivity index (χ4v) is 4.12. The number of ketones is 1. The lowest BCUT2D eigenvalue weighted by molar-refractivity contribution is -0.120. The van der Waals surface area contributed by atoms with Crippen LogP contribution in [-0.2, 0) is 21.1 Å². The van der Waals surface area contributed by atoms with Crippen LogP contribution in [-0.4, -0.2) is 41.2 Å². The Morgan fingerprint density at radius 3 is 2.31 bits per heavy atom. The lowest BCUT2D eigenvalue weighted by atomic mass is 10.1. The van der Waals surface area contributed by atoms with Crippen molar-refractivity contribution >= 4 is 15.6 Å². The zero-order chi connectivity index (χ0) is 21.2. The number of halogens is 1. The van der Waals surface area contributed by atoms with Crippen LogP contribution in [0.25, 0.3) is 11.4 Å². The molecule has 3 rings (SSSR count). The Kier molecular flexibility index (Phi) is 5.52. The zero-order valence-electron chi connectivity index (χ0n) is 16.1. The first-order valence-corrected chi connectivity index (χ1v) is 10.2. The van der Waals surface area contributed by atoms with E-state index in [1.807, 2.05) is 0 Å². The van der Waals surface area contributed by atoms with Crippen LogP contribution in [0.3, 0.4) is 0 Å². The van der Waals surface area contributed by atoms with Gasteiger partial charge in [-0.1, -0.05) is 0 Å². The van der Waals surface area contributed by atoms with Gasteiger partial charge in [-0.05, 0) is 62.4 Å². The molecule has 1 aromatic heterocycles. The maximum atomic E-state index is 13.1. The molecule has 0 aliphatic rings. The average molecular weight is 417 g/mol. The molecular formula is C20H20FN3O4S. The monoisotopic (exact) mass is 417 g/mol. The molecule has 29 heavy (non-hydrogen) atoms. The second kappa shape index (κ2) is 7.75. The number of benzene rings is 2. The first kappa shape index (κ1) is 20.7. The van der Waals surface area contributed by atoms with Gasteiger partial charge in [-0.15, -0.1) is 0 Å². The summed E-state index contributed by atoms with van der Waals surface area (Å²) in [5.74, 6) is 0.213. The minimum Gasteiger partial charge on any atom is -0.497 e. The summed E-state index contributed by atoms with van der Waals surface area (Å²) in [7, 11) is -2.46. The van der Waals surface area contributed by atoms with E-state index < -0.39 is 26.2 Å². The molecule has 152 valence electrons. The second-order valence-corrected chi connectivity index (χ2v) is 9.40. The Balaban J connectivity index is 1.80. The summed E-state index contributed by atoms with van der Waals surface area (Å²) in [6.07, 6.45) is -0.240. The number of nitrogens with zero attached hydrogens (tertiary/aromatic N) is 2. The van der Waals surface area contributed by atoms with Crippen molar-refractivity contribution in [1.29, 1.82) is 0 Å². The smallest absolute Gasteiger partial charge is 0.190 e. The van der Waals surface area contributed by atoms with Crippen LogP contribution in [0.2, 0.25) is 0 Å². The van der Waals surface area contributed by atoms with E-state index in [-0.39, 0.29) is 17.1 Å². The molecule has 1 N–H and O–H groups in total. The Morgan fingerprint density at radius 1 is 1.10 bits per heavy atom. The standard InChI is InChI=1S/C20H20FN3O4S/c1-20(2,29(26,27)16-10-6-14(21)7-11-16)17(25)12-18-22-19(24-23-18)13-4-8-15(28-3)9-5-13/h4-11H,12H2,1-3H3,(H,22,23,24). The first-order valence-electron chi connectivity index (χ1n) is 8.74. The zero-order valence-corrected chi connectivity index (χ0v) is 17.0. The minimum absolute atomic E-state index is 0.117. The van der Waals surface area contributed by atoms with Gasteiger partial charge in [0.25, 0.3) is 0 Å². The highest BCUT2D eigenvalue weighted by molar-refractivity contribution is 7.93. The highest BCUT2D eigenvalue weighted by Gasteiger charge is 2.42. The van der Waals surface area contributed by atoms with Gasteiger partial charge in [-0.3, -0.25) is 9.89 Å². The van der Waals surface area contributed by atoms with Crippen molar-refractivity contribution < 1.29 is 22.3 Å². The molecule has 7 nitrogen and oxygen atoms in total. The van der Waals surface area contributed by atoms with Gasteiger partial charge in [0.2, 0.25) is 0 Å². The molecule has 0 radical (unpaired) electrons. The summed E-state index contributed by atoms with van der Waals surface area (Å²) in [5.41, 5.74) is 0.721. The van der Waals surface area contributed by atoms with E-state index in [0.717, 1.165) is 29.8 Å². The van der Waals surface area contributed by atoms with Crippen molar-refractivity contribution in [1.82, 2.24) is 15.2 Å². The number of Topliss-reactive ketones (excluding diaryl/α,β-unsaturated/α-hetero) is 1. The van der Waals surface area contributed by atoms with Crippen LogP contribution < -0.4 is 4.74 Å². The second-order valence-electron chi connectivity index (χ2n) is 6.90. The summed E-state index contributed by atoms with van der Waals surface area (Å²) in [5, 5.41) is 6.76. The van der Waals surface area contributed by atoms with Crippen molar-refractivity contribution in [2.45, 2.75) is 29.9 Å². The van der Waals surface area contributed by atoms with Gasteiger partial charge >= 0.3 is 0 Å². The van der Waals surface area contributed by atoms with Crippen LogP contribution in [0.1, 0.15) is 19.7 Å². The molecule has 0 saturated heterocycles. The SMILES string of the molecule is COc1ccc(-c2n[nH]c(CC(=O)C(C)(C)S(=O)(=O)c3ccc(F)cc3)n2)cc1. The number of carbonyl (C=O) groups is 1. The number of rotatable bonds is 7. The predicted molar refractivity (Wildman–Crippen MR) is 105 cm³/mol. The van der Waals surface area contributed by atoms with Crippen molar-refractivity contribution in [3.8, 4) is 17.1 Å². The Hall–Kier alpha value is -3.07. The molecule has 0 amide bonds. The van der Waals surface area contributed by atoms with Gasteiger partial charge in [-0.25, -0.2) is 17.8 Å². The third-order valence-corrected chi connectivity index (χ3v) is 7.14. The van der Waals surface area contributed by atoms with Gasteiger partial charge in [0.05, 0.1) is 18.4 Å². The highest BCUT2D eigenvalue weighted by Crippen LogP contribution is 2.28. The third kappa shape index (κ3) is 4.04. The molecule has 0 unspecified atom stereocenters. The predicted octanol–water partition coefficient (Wildman–Crippen LogP) is 2.98. The number of hydrogen-bond acceptors (Lipinski definition) is 6. The number of methoxy groups -OCH3 is 1. The normalized spacial score (nSPS) is 12.0. The Labute approximate surface area is 167 Å². The number of ether oxygens (including phenoxy) is 1. The molecule has 9 heteroatoms. The van der Waals surface area contributed by atoms with E-state index in [4.69, 9.17) is 4.74 Å². The summed E-state index contributed by atoms with van der Waals surface area (Å²) >= 11 is 0. The summed E-state index contributed by atoms with van der Waals surface area (Å²) in [6.45, 7) is 2.66. The number of aromatic amines is 1. The van der Waals surface area contributed by atoms with Crippen LogP contribution in [0.15, 0.2) is 53.4 Å². The Bertz CT molecular complexity index is 1120. The average Bonchev–Trinajstić information content (AvgIpc) is 3.16.